The molecular formula is C30H38BrN3O3. The van der Waals surface area contributed by atoms with Crippen molar-refractivity contribution in [3.8, 4) is 16.9 Å². The number of benzene rings is 2. The molecule has 37 heavy (non-hydrogen) atoms. The molecule has 0 spiro atoms. The van der Waals surface area contributed by atoms with Gasteiger partial charge in [-0.25, -0.2) is 4.79 Å². The summed E-state index contributed by atoms with van der Waals surface area (Å²) < 4.78 is 8.16. The van der Waals surface area contributed by atoms with Gasteiger partial charge in [-0.3, -0.25) is 4.79 Å². The molecule has 1 heterocycles. The Bertz CT molecular complexity index is 1300. The number of amides is 2. The molecule has 3 rings (SSSR count). The second-order valence-corrected chi connectivity index (χ2v) is 10.9. The van der Waals surface area contributed by atoms with Crippen LogP contribution in [0.2, 0.25) is 0 Å². The van der Waals surface area contributed by atoms with Crippen LogP contribution in [0.5, 0.6) is 5.75 Å². The summed E-state index contributed by atoms with van der Waals surface area (Å²) in [6.45, 7) is 13.0. The van der Waals surface area contributed by atoms with Crippen LogP contribution in [0.15, 0.2) is 51.9 Å². The van der Waals surface area contributed by atoms with E-state index in [0.717, 1.165) is 45.3 Å². The number of methoxy groups -OCH3 is 1. The maximum atomic E-state index is 13.7. The minimum atomic E-state index is -0.449. The predicted octanol–water partition coefficient (Wildman–Crippen LogP) is 8.29. The zero-order chi connectivity index (χ0) is 27.3. The van der Waals surface area contributed by atoms with Crippen molar-refractivity contribution in [2.45, 2.75) is 72.8 Å². The average molecular weight is 569 g/mol. The lowest BCUT2D eigenvalue weighted by Gasteiger charge is -2.22. The molecule has 2 aromatic carbocycles. The third-order valence-electron chi connectivity index (χ3n) is 6.50. The quantitative estimate of drug-likeness (QED) is 0.273. The number of aryl methyl sites for hydroxylation is 2. The van der Waals surface area contributed by atoms with E-state index in [4.69, 9.17) is 4.74 Å². The fourth-order valence-corrected chi connectivity index (χ4v) is 4.95. The minimum Gasteiger partial charge on any atom is -0.496 e. The van der Waals surface area contributed by atoms with E-state index in [9.17, 15) is 9.59 Å². The van der Waals surface area contributed by atoms with Crippen molar-refractivity contribution in [1.82, 2.24) is 4.57 Å². The van der Waals surface area contributed by atoms with Gasteiger partial charge < -0.3 is 19.9 Å². The summed E-state index contributed by atoms with van der Waals surface area (Å²) in [6.07, 6.45) is 3.69. The van der Waals surface area contributed by atoms with Crippen LogP contribution in [0.25, 0.3) is 11.1 Å². The van der Waals surface area contributed by atoms with Gasteiger partial charge in [0.05, 0.1) is 7.11 Å². The van der Waals surface area contributed by atoms with E-state index >= 15 is 0 Å². The molecule has 2 N–H and O–H groups in total. The summed E-state index contributed by atoms with van der Waals surface area (Å²) in [4.78, 5) is 27.2. The van der Waals surface area contributed by atoms with E-state index in [-0.39, 0.29) is 23.1 Å². The highest BCUT2D eigenvalue weighted by Gasteiger charge is 2.22. The topological polar surface area (TPSA) is 72.4 Å². The van der Waals surface area contributed by atoms with Gasteiger partial charge in [0, 0.05) is 34.0 Å². The van der Waals surface area contributed by atoms with Gasteiger partial charge in [0.15, 0.2) is 0 Å². The monoisotopic (exact) mass is 567 g/mol. The SMILES string of the molecule is CCCCn1cc(C)c(-c2cc(Br)ccc2OC)c(NC(=O)Nc2c(C(C)C)cccc2C(C)C)c1=O. The van der Waals surface area contributed by atoms with Crippen LogP contribution in [0.3, 0.4) is 0 Å². The molecule has 0 saturated carbocycles. The number of carbonyl (C=O) groups excluding carboxylic acids is 1. The van der Waals surface area contributed by atoms with Gasteiger partial charge in [-0.2, -0.15) is 0 Å². The van der Waals surface area contributed by atoms with Crippen LogP contribution in [-0.2, 0) is 6.54 Å². The van der Waals surface area contributed by atoms with Crippen LogP contribution in [0.4, 0.5) is 16.2 Å². The third-order valence-corrected chi connectivity index (χ3v) is 7.00. The molecule has 3 aromatic rings. The highest BCUT2D eigenvalue weighted by atomic mass is 79.9. The Morgan fingerprint density at radius 2 is 1.65 bits per heavy atom. The molecule has 6 nitrogen and oxygen atoms in total. The number of hydrogen-bond donors (Lipinski definition) is 2. The number of para-hydroxylation sites is 1. The van der Waals surface area contributed by atoms with E-state index in [1.165, 1.54) is 0 Å². The first-order chi connectivity index (χ1) is 17.6. The maximum Gasteiger partial charge on any atom is 0.323 e. The second-order valence-electron chi connectivity index (χ2n) is 9.96. The Morgan fingerprint density at radius 1 is 1.03 bits per heavy atom. The number of nitrogens with zero attached hydrogens (tertiary/aromatic N) is 1. The van der Waals surface area contributed by atoms with Crippen molar-refractivity contribution < 1.29 is 9.53 Å². The number of unbranched alkanes of at least 4 members (excludes halogenated alkanes) is 1. The zero-order valence-corrected chi connectivity index (χ0v) is 24.5. The number of pyridine rings is 1. The summed E-state index contributed by atoms with van der Waals surface area (Å²) in [5.41, 5.74) is 5.14. The minimum absolute atomic E-state index is 0.223. The normalized spacial score (nSPS) is 11.2. The summed E-state index contributed by atoms with van der Waals surface area (Å²) in [5.74, 6) is 1.06. The van der Waals surface area contributed by atoms with E-state index in [0.29, 0.717) is 17.9 Å². The molecule has 0 aliphatic carbocycles. The summed E-state index contributed by atoms with van der Waals surface area (Å²) in [5, 5.41) is 6.01. The number of urea groups is 1. The van der Waals surface area contributed by atoms with Gasteiger partial charge in [0.25, 0.3) is 5.56 Å². The summed E-state index contributed by atoms with van der Waals surface area (Å²) >= 11 is 3.54. The van der Waals surface area contributed by atoms with Gasteiger partial charge in [0.1, 0.15) is 11.4 Å². The van der Waals surface area contributed by atoms with Gasteiger partial charge in [-0.05, 0) is 60.1 Å². The van der Waals surface area contributed by atoms with E-state index < -0.39 is 6.03 Å². The molecule has 2 amide bonds. The van der Waals surface area contributed by atoms with Crippen molar-refractivity contribution in [3.05, 3.63) is 74.1 Å². The number of anilines is 2. The standard InChI is InChI=1S/C30H38BrN3O3/c1-8-9-15-34-17-20(6)26(24-16-21(31)13-14-25(24)37-7)28(29(34)35)33-30(36)32-27-22(18(2)3)11-10-12-23(27)19(4)5/h10-14,16-19H,8-9,15H2,1-7H3,(H2,32,33,36). The number of aromatic nitrogens is 1. The predicted molar refractivity (Wildman–Crippen MR) is 157 cm³/mol. The Kier molecular flexibility index (Phi) is 9.60. The third kappa shape index (κ3) is 6.45. The Hall–Kier alpha value is -3.06. The molecule has 0 aliphatic heterocycles. The fraction of sp³-hybridized carbons (Fsp3) is 0.400. The Labute approximate surface area is 228 Å². The fourth-order valence-electron chi connectivity index (χ4n) is 4.59. The van der Waals surface area contributed by atoms with Crippen LogP contribution in [-0.4, -0.2) is 17.7 Å². The number of nitrogens with one attached hydrogen (secondary N) is 2. The maximum absolute atomic E-state index is 13.7. The summed E-state index contributed by atoms with van der Waals surface area (Å²) in [6, 6.07) is 11.3. The van der Waals surface area contributed by atoms with Crippen molar-refractivity contribution in [2.24, 2.45) is 0 Å². The highest BCUT2D eigenvalue weighted by Crippen LogP contribution is 2.38. The van der Waals surface area contributed by atoms with Gasteiger partial charge >= 0.3 is 6.03 Å². The molecule has 7 heteroatoms. The molecule has 0 aliphatic rings. The number of rotatable bonds is 9. The van der Waals surface area contributed by atoms with Gasteiger partial charge in [-0.1, -0.05) is 75.2 Å². The van der Waals surface area contributed by atoms with Crippen molar-refractivity contribution in [1.29, 1.82) is 0 Å². The first kappa shape index (κ1) is 28.5. The van der Waals surface area contributed by atoms with Crippen molar-refractivity contribution in [3.63, 3.8) is 0 Å². The lowest BCUT2D eigenvalue weighted by atomic mass is 9.93. The molecule has 0 bridgehead atoms. The van der Waals surface area contributed by atoms with Gasteiger partial charge in [0.2, 0.25) is 0 Å². The number of carbonyl (C=O) groups is 1. The van der Waals surface area contributed by atoms with E-state index in [1.54, 1.807) is 11.7 Å². The zero-order valence-electron chi connectivity index (χ0n) is 22.9. The largest absolute Gasteiger partial charge is 0.496 e. The lowest BCUT2D eigenvalue weighted by molar-refractivity contribution is 0.262. The molecular weight excluding hydrogens is 530 g/mol. The smallest absolute Gasteiger partial charge is 0.323 e. The van der Waals surface area contributed by atoms with Gasteiger partial charge in [-0.15, -0.1) is 0 Å². The second kappa shape index (κ2) is 12.5. The average Bonchev–Trinajstić information content (AvgIpc) is 2.85. The highest BCUT2D eigenvalue weighted by molar-refractivity contribution is 9.10. The number of hydrogen-bond acceptors (Lipinski definition) is 3. The van der Waals surface area contributed by atoms with Crippen LogP contribution >= 0.6 is 15.9 Å². The molecule has 0 unspecified atom stereocenters. The first-order valence-corrected chi connectivity index (χ1v) is 13.7. The van der Waals surface area contributed by atoms with Crippen LogP contribution < -0.4 is 20.9 Å². The lowest BCUT2D eigenvalue weighted by Crippen LogP contribution is -2.30. The number of ether oxygens (including phenoxy) is 1. The molecule has 198 valence electrons. The van der Waals surface area contributed by atoms with E-state index in [1.807, 2.05) is 49.5 Å². The number of halogens is 1. The molecule has 0 fully saturated rings. The Balaban J connectivity index is 2.15. The Morgan fingerprint density at radius 3 is 2.22 bits per heavy atom. The molecule has 1 aromatic heterocycles. The van der Waals surface area contributed by atoms with E-state index in [2.05, 4.69) is 61.2 Å². The first-order valence-electron chi connectivity index (χ1n) is 12.9. The molecule has 0 atom stereocenters. The van der Waals surface area contributed by atoms with Crippen molar-refractivity contribution >= 4 is 33.3 Å². The van der Waals surface area contributed by atoms with Crippen LogP contribution in [0, 0.1) is 6.92 Å². The molecule has 0 radical (unpaired) electrons. The molecule has 0 saturated heterocycles. The van der Waals surface area contributed by atoms with Crippen LogP contribution in [0.1, 0.15) is 76.0 Å². The summed E-state index contributed by atoms with van der Waals surface area (Å²) in [7, 11) is 1.60. The van der Waals surface area contributed by atoms with Crippen molar-refractivity contribution in [2.75, 3.05) is 17.7 Å².